The van der Waals surface area contributed by atoms with Crippen LogP contribution in [-0.4, -0.2) is 59.7 Å². The molecule has 1 N–H and O–H groups in total. The molecule has 4 fully saturated rings. The molecule has 0 aromatic heterocycles. The Hall–Kier alpha value is -2.99. The van der Waals surface area contributed by atoms with E-state index in [0.717, 1.165) is 38.6 Å². The summed E-state index contributed by atoms with van der Waals surface area (Å²) >= 11 is 0. The largest absolute Gasteiger partial charge is 0.458 e. The maximum atomic E-state index is 13.4. The van der Waals surface area contributed by atoms with Crippen LogP contribution in [0.2, 0.25) is 0 Å². The minimum absolute atomic E-state index is 0.0415. The Morgan fingerprint density at radius 3 is 2.32 bits per heavy atom. The van der Waals surface area contributed by atoms with Gasteiger partial charge in [-0.25, -0.2) is 14.2 Å². The molecule has 0 saturated heterocycles. The average molecular weight is 557 g/mol. The third kappa shape index (κ3) is 4.04. The van der Waals surface area contributed by atoms with Crippen molar-refractivity contribution in [3.63, 3.8) is 0 Å². The fourth-order valence-corrected chi connectivity index (χ4v) is 10.4. The molecule has 2 aromatic carbocycles. The van der Waals surface area contributed by atoms with Crippen molar-refractivity contribution in [1.82, 2.24) is 0 Å². The minimum atomic E-state index is -0.473. The van der Waals surface area contributed by atoms with Crippen molar-refractivity contribution in [2.45, 2.75) is 64.6 Å². The van der Waals surface area contributed by atoms with E-state index < -0.39 is 11.5 Å². The van der Waals surface area contributed by atoms with Gasteiger partial charge in [-0.15, -0.1) is 0 Å². The highest BCUT2D eigenvalue weighted by Gasteiger charge is 2.76. The molecule has 5 aliphatic rings. The van der Waals surface area contributed by atoms with Gasteiger partial charge in [-0.3, -0.25) is 0 Å². The van der Waals surface area contributed by atoms with Crippen molar-refractivity contribution < 1.29 is 28.7 Å². The standard InChI is InChI=1S/C35H42NO5/c1-23-26-18-28-34-15-9-14-33(2,21-36(22-34)16-17-40-31(38)24-10-5-3-6-11-24)27(34)19-29(35(28,20-26)30(23)37)41-32(39)25-12-7-4-8-13-25/h3-8,10-13,22-23,26-30,37H,9,14-21H2,1-2H3/q+1/t23-,26-,27+,28-,29+,30+,33+,34+,35-/m1/s1. The molecule has 4 aliphatic carbocycles. The van der Waals surface area contributed by atoms with Crippen LogP contribution in [0, 0.1) is 39.9 Å². The zero-order valence-corrected chi connectivity index (χ0v) is 24.2. The third-order valence-electron chi connectivity index (χ3n) is 12.0. The van der Waals surface area contributed by atoms with Gasteiger partial charge >= 0.3 is 11.9 Å². The number of carbonyl (C=O) groups excluding carboxylic acids is 2. The lowest BCUT2D eigenvalue weighted by molar-refractivity contribution is -0.559. The highest BCUT2D eigenvalue weighted by Crippen LogP contribution is 2.75. The van der Waals surface area contributed by atoms with E-state index >= 15 is 0 Å². The lowest BCUT2D eigenvalue weighted by atomic mass is 9.40. The Bertz CT molecular complexity index is 1360. The normalized spacial score (nSPS) is 40.2. The van der Waals surface area contributed by atoms with Gasteiger partial charge in [0, 0.05) is 10.8 Å². The van der Waals surface area contributed by atoms with E-state index in [1.165, 1.54) is 6.42 Å². The first-order valence-corrected chi connectivity index (χ1v) is 15.5. The van der Waals surface area contributed by atoms with E-state index in [9.17, 15) is 14.7 Å². The molecule has 7 rings (SSSR count). The number of aliphatic hydroxyl groups is 1. The van der Waals surface area contributed by atoms with Crippen molar-refractivity contribution in [2.24, 2.45) is 39.9 Å². The molecule has 1 heterocycles. The van der Waals surface area contributed by atoms with E-state index in [2.05, 4.69) is 24.6 Å². The van der Waals surface area contributed by atoms with Crippen LogP contribution in [-0.2, 0) is 9.47 Å². The second-order valence-electron chi connectivity index (χ2n) is 13.9. The number of carbonyl (C=O) groups is 2. The number of hydrogen-bond donors (Lipinski definition) is 1. The molecule has 0 unspecified atom stereocenters. The van der Waals surface area contributed by atoms with E-state index in [-0.39, 0.29) is 40.7 Å². The van der Waals surface area contributed by atoms with Crippen molar-refractivity contribution in [1.29, 1.82) is 0 Å². The highest BCUT2D eigenvalue weighted by atomic mass is 16.5. The summed E-state index contributed by atoms with van der Waals surface area (Å²) in [7, 11) is 0. The summed E-state index contributed by atoms with van der Waals surface area (Å²) < 4.78 is 14.6. The molecule has 4 saturated carbocycles. The molecule has 6 nitrogen and oxygen atoms in total. The maximum absolute atomic E-state index is 13.4. The Kier molecular flexibility index (Phi) is 6.42. The van der Waals surface area contributed by atoms with Gasteiger partial charge in [0.05, 0.1) is 22.6 Å². The molecule has 41 heavy (non-hydrogen) atoms. The molecular weight excluding hydrogens is 514 g/mol. The van der Waals surface area contributed by atoms with Gasteiger partial charge in [0.1, 0.15) is 25.5 Å². The molecule has 1 spiro atoms. The predicted molar refractivity (Wildman–Crippen MR) is 155 cm³/mol. The molecule has 1 aliphatic heterocycles. The second kappa shape index (κ2) is 9.79. The number of nitrogens with zero attached hydrogens (tertiary/aromatic N) is 1. The van der Waals surface area contributed by atoms with Gasteiger partial charge in [0.2, 0.25) is 0 Å². The first kappa shape index (κ1) is 26.9. The summed E-state index contributed by atoms with van der Waals surface area (Å²) in [5.41, 5.74) is 0.762. The number of benzene rings is 2. The van der Waals surface area contributed by atoms with Crippen molar-refractivity contribution in [3.8, 4) is 0 Å². The van der Waals surface area contributed by atoms with Gasteiger partial charge in [0.25, 0.3) is 0 Å². The first-order chi connectivity index (χ1) is 19.8. The van der Waals surface area contributed by atoms with Gasteiger partial charge in [-0.05, 0) is 80.0 Å². The molecule has 216 valence electrons. The average Bonchev–Trinajstić information content (AvgIpc) is 3.50. The van der Waals surface area contributed by atoms with Crippen molar-refractivity contribution in [2.75, 3.05) is 19.7 Å². The van der Waals surface area contributed by atoms with Gasteiger partial charge in [-0.1, -0.05) is 56.7 Å². The summed E-state index contributed by atoms with van der Waals surface area (Å²) in [5, 5.41) is 11.9. The van der Waals surface area contributed by atoms with Crippen LogP contribution in [0.1, 0.15) is 73.1 Å². The Morgan fingerprint density at radius 1 is 0.951 bits per heavy atom. The van der Waals surface area contributed by atoms with E-state index in [1.807, 2.05) is 48.5 Å². The Labute approximate surface area is 242 Å². The van der Waals surface area contributed by atoms with Crippen LogP contribution in [0.5, 0.6) is 0 Å². The van der Waals surface area contributed by atoms with E-state index in [4.69, 9.17) is 9.47 Å². The van der Waals surface area contributed by atoms with Crippen molar-refractivity contribution in [3.05, 3.63) is 71.8 Å². The first-order valence-electron chi connectivity index (χ1n) is 15.5. The smallest absolute Gasteiger partial charge is 0.338 e. The summed E-state index contributed by atoms with van der Waals surface area (Å²) in [6.07, 6.45) is 7.97. The number of esters is 2. The molecule has 0 radical (unpaired) electrons. The SMILES string of the molecule is C[C@@H]1[C@@H]2C[C@@H]3[C@]45C=[N+](CCOC(=O)c6ccccc6)C[C@](C)(CCC4)[C@@H]5C[C@H](OC(=O)c4ccccc4)[C@]3(C2)[C@H]1O. The van der Waals surface area contributed by atoms with Crippen LogP contribution >= 0.6 is 0 Å². The quantitative estimate of drug-likeness (QED) is 0.382. The predicted octanol–water partition coefficient (Wildman–Crippen LogP) is 5.39. The monoisotopic (exact) mass is 556 g/mol. The van der Waals surface area contributed by atoms with Gasteiger partial charge in [-0.2, -0.15) is 0 Å². The number of hydrogen-bond acceptors (Lipinski definition) is 5. The molecule has 2 aromatic rings. The lowest BCUT2D eigenvalue weighted by Crippen LogP contribution is -2.69. The van der Waals surface area contributed by atoms with Gasteiger partial charge in [0.15, 0.2) is 6.54 Å². The fourth-order valence-electron chi connectivity index (χ4n) is 10.4. The molecular formula is C35H42NO5+. The number of rotatable bonds is 6. The lowest BCUT2D eigenvalue weighted by Gasteiger charge is -2.64. The topological polar surface area (TPSA) is 75.8 Å². The Balaban J connectivity index is 1.20. The third-order valence-corrected chi connectivity index (χ3v) is 12.0. The second-order valence-corrected chi connectivity index (χ2v) is 13.9. The maximum Gasteiger partial charge on any atom is 0.338 e. The molecule has 4 bridgehead atoms. The fraction of sp³-hybridized carbons (Fsp3) is 0.571. The zero-order chi connectivity index (χ0) is 28.4. The summed E-state index contributed by atoms with van der Waals surface area (Å²) in [6.45, 7) is 6.52. The van der Waals surface area contributed by atoms with E-state index in [0.29, 0.717) is 36.1 Å². The number of fused-ring (bicyclic) bond motifs is 1. The molecule has 0 amide bonds. The summed E-state index contributed by atoms with van der Waals surface area (Å²) in [6, 6.07) is 18.5. The number of ether oxygens (including phenoxy) is 2. The van der Waals surface area contributed by atoms with Crippen LogP contribution < -0.4 is 0 Å². The minimum Gasteiger partial charge on any atom is -0.458 e. The molecule has 9 atom stereocenters. The van der Waals surface area contributed by atoms with Crippen LogP contribution in [0.15, 0.2) is 60.7 Å². The summed E-state index contributed by atoms with van der Waals surface area (Å²) in [4.78, 5) is 26.0. The van der Waals surface area contributed by atoms with Crippen LogP contribution in [0.3, 0.4) is 0 Å². The summed E-state index contributed by atoms with van der Waals surface area (Å²) in [5.74, 6) is 0.765. The zero-order valence-electron chi connectivity index (χ0n) is 24.2. The molecule has 6 heteroatoms. The number of aliphatic hydroxyl groups excluding tert-OH is 1. The van der Waals surface area contributed by atoms with Crippen LogP contribution in [0.4, 0.5) is 0 Å². The highest BCUT2D eigenvalue weighted by molar-refractivity contribution is 5.90. The van der Waals surface area contributed by atoms with Gasteiger partial charge < -0.3 is 14.6 Å². The van der Waals surface area contributed by atoms with Crippen LogP contribution in [0.25, 0.3) is 0 Å². The Morgan fingerprint density at radius 2 is 1.63 bits per heavy atom. The van der Waals surface area contributed by atoms with Crippen molar-refractivity contribution >= 4 is 18.2 Å². The van der Waals surface area contributed by atoms with E-state index in [1.54, 1.807) is 12.1 Å².